The fourth-order valence-electron chi connectivity index (χ4n) is 2.03. The molecule has 0 aliphatic rings. The molecule has 7 heteroatoms. The number of benzene rings is 1. The van der Waals surface area contributed by atoms with Gasteiger partial charge in [-0.1, -0.05) is 6.92 Å². The van der Waals surface area contributed by atoms with Crippen molar-refractivity contribution in [2.24, 2.45) is 7.05 Å². The molecule has 2 rings (SSSR count). The molecule has 0 unspecified atom stereocenters. The number of aryl methyl sites for hydroxylation is 2. The molecule has 21 heavy (non-hydrogen) atoms. The number of nitrogens with one attached hydrogen (secondary N) is 1. The maximum Gasteiger partial charge on any atom is 0.387 e. The highest BCUT2D eigenvalue weighted by molar-refractivity contribution is 5.47. The monoisotopic (exact) mass is 299 g/mol. The molecule has 0 aliphatic heterocycles. The number of aromatic nitrogens is 2. The summed E-state index contributed by atoms with van der Waals surface area (Å²) in [6, 6.07) is 3.79. The second-order valence-corrected chi connectivity index (χ2v) is 4.51. The maximum atomic E-state index is 13.6. The highest BCUT2D eigenvalue weighted by atomic mass is 19.3. The lowest BCUT2D eigenvalue weighted by atomic mass is 10.2. The molecule has 1 N–H and O–H groups in total. The molecule has 1 heterocycles. The van der Waals surface area contributed by atoms with Crippen LogP contribution in [0.1, 0.15) is 18.2 Å². The number of hydrogen-bond acceptors (Lipinski definition) is 3. The first-order valence-electron chi connectivity index (χ1n) is 6.49. The van der Waals surface area contributed by atoms with Crippen molar-refractivity contribution in [3.63, 3.8) is 0 Å². The minimum absolute atomic E-state index is 0.467. The highest BCUT2D eigenvalue weighted by Gasteiger charge is 2.11. The van der Waals surface area contributed by atoms with Gasteiger partial charge in [-0.05, 0) is 18.6 Å². The van der Waals surface area contributed by atoms with Crippen LogP contribution in [-0.2, 0) is 20.0 Å². The molecule has 0 saturated carbocycles. The third kappa shape index (κ3) is 3.90. The molecule has 114 valence electrons. The Hall–Kier alpha value is -2.18. The van der Waals surface area contributed by atoms with Crippen molar-refractivity contribution >= 4 is 5.69 Å². The van der Waals surface area contributed by atoms with Crippen LogP contribution in [0.4, 0.5) is 18.9 Å². The lowest BCUT2D eigenvalue weighted by molar-refractivity contribution is -0.0521. The van der Waals surface area contributed by atoms with Crippen molar-refractivity contribution in [2.45, 2.75) is 26.5 Å². The smallest absolute Gasteiger partial charge is 0.387 e. The van der Waals surface area contributed by atoms with Gasteiger partial charge in [0.25, 0.3) is 0 Å². The Morgan fingerprint density at radius 3 is 2.76 bits per heavy atom. The number of nitrogens with zero attached hydrogens (tertiary/aromatic N) is 2. The fraction of sp³-hybridized carbons (Fsp3) is 0.357. The summed E-state index contributed by atoms with van der Waals surface area (Å²) in [6.45, 7) is -0.561. The van der Waals surface area contributed by atoms with E-state index < -0.39 is 18.2 Å². The van der Waals surface area contributed by atoms with Gasteiger partial charge in [-0.2, -0.15) is 13.9 Å². The van der Waals surface area contributed by atoms with Crippen molar-refractivity contribution < 1.29 is 17.9 Å². The summed E-state index contributed by atoms with van der Waals surface area (Å²) in [7, 11) is 1.83. The normalized spacial score (nSPS) is 11.0. The molecular formula is C14H16F3N3O. The number of hydrogen-bond donors (Lipinski definition) is 1. The maximum absolute atomic E-state index is 13.6. The van der Waals surface area contributed by atoms with Crippen molar-refractivity contribution in [2.75, 3.05) is 5.32 Å². The Kier molecular flexibility index (Phi) is 4.72. The lowest BCUT2D eigenvalue weighted by Gasteiger charge is -2.09. The molecule has 0 atom stereocenters. The molecule has 0 radical (unpaired) electrons. The summed E-state index contributed by atoms with van der Waals surface area (Å²) >= 11 is 0. The zero-order chi connectivity index (χ0) is 15.4. The number of ether oxygens (including phenoxy) is 1. The minimum Gasteiger partial charge on any atom is -0.432 e. The predicted molar refractivity (Wildman–Crippen MR) is 72.9 cm³/mol. The van der Waals surface area contributed by atoms with E-state index in [1.54, 1.807) is 4.68 Å². The molecule has 0 bridgehead atoms. The highest BCUT2D eigenvalue weighted by Crippen LogP contribution is 2.23. The van der Waals surface area contributed by atoms with Crippen LogP contribution < -0.4 is 10.1 Å². The Balaban J connectivity index is 2.05. The van der Waals surface area contributed by atoms with E-state index in [4.69, 9.17) is 0 Å². The number of rotatable bonds is 6. The van der Waals surface area contributed by atoms with Gasteiger partial charge in [0.05, 0.1) is 5.69 Å². The molecule has 0 amide bonds. The van der Waals surface area contributed by atoms with Crippen LogP contribution in [0.3, 0.4) is 0 Å². The zero-order valence-electron chi connectivity index (χ0n) is 11.7. The van der Waals surface area contributed by atoms with E-state index >= 15 is 0 Å². The third-order valence-electron chi connectivity index (χ3n) is 2.96. The van der Waals surface area contributed by atoms with Crippen LogP contribution >= 0.6 is 0 Å². The van der Waals surface area contributed by atoms with E-state index in [9.17, 15) is 13.2 Å². The Bertz CT molecular complexity index is 614. The largest absolute Gasteiger partial charge is 0.432 e. The molecule has 0 aliphatic carbocycles. The van der Waals surface area contributed by atoms with Crippen LogP contribution in [0.15, 0.2) is 24.4 Å². The molecule has 0 spiro atoms. The van der Waals surface area contributed by atoms with E-state index in [0.717, 1.165) is 23.7 Å². The molecule has 0 fully saturated rings. The first-order valence-corrected chi connectivity index (χ1v) is 6.49. The van der Waals surface area contributed by atoms with Crippen molar-refractivity contribution in [1.29, 1.82) is 0 Å². The number of alkyl halides is 2. The standard InChI is InChI=1S/C14H16F3N3O/c1-3-12-9(8-20(2)19-12)7-18-10-4-5-13(11(15)6-10)21-14(16)17/h4-6,8,14,18H,3,7H2,1-2H3. The predicted octanol–water partition coefficient (Wildman–Crippen LogP) is 3.34. The lowest BCUT2D eigenvalue weighted by Crippen LogP contribution is -2.05. The Morgan fingerprint density at radius 2 is 2.14 bits per heavy atom. The van der Waals surface area contributed by atoms with E-state index in [-0.39, 0.29) is 0 Å². The van der Waals surface area contributed by atoms with Crippen LogP contribution in [0.5, 0.6) is 5.75 Å². The number of halogens is 3. The second kappa shape index (κ2) is 6.51. The second-order valence-electron chi connectivity index (χ2n) is 4.51. The summed E-state index contributed by atoms with van der Waals surface area (Å²) in [5.74, 6) is -1.30. The van der Waals surface area contributed by atoms with Gasteiger partial charge in [0, 0.05) is 37.1 Å². The van der Waals surface area contributed by atoms with Gasteiger partial charge in [-0.3, -0.25) is 4.68 Å². The van der Waals surface area contributed by atoms with Crippen molar-refractivity contribution in [3.05, 3.63) is 41.5 Å². The van der Waals surface area contributed by atoms with Crippen LogP contribution in [-0.4, -0.2) is 16.4 Å². The average molecular weight is 299 g/mol. The summed E-state index contributed by atoms with van der Waals surface area (Å²) in [5.41, 5.74) is 2.46. The van der Waals surface area contributed by atoms with Gasteiger partial charge in [0.1, 0.15) is 0 Å². The Labute approximate surface area is 120 Å². The van der Waals surface area contributed by atoms with Crippen molar-refractivity contribution in [3.8, 4) is 5.75 Å². The van der Waals surface area contributed by atoms with E-state index in [0.29, 0.717) is 12.2 Å². The van der Waals surface area contributed by atoms with Crippen LogP contribution in [0.2, 0.25) is 0 Å². The molecule has 0 saturated heterocycles. The van der Waals surface area contributed by atoms with E-state index in [1.165, 1.54) is 12.1 Å². The van der Waals surface area contributed by atoms with Gasteiger partial charge in [-0.15, -0.1) is 0 Å². The molecule has 2 aromatic rings. The summed E-state index contributed by atoms with van der Waals surface area (Å²) in [5, 5.41) is 7.34. The summed E-state index contributed by atoms with van der Waals surface area (Å²) in [4.78, 5) is 0. The molecular weight excluding hydrogens is 283 g/mol. The Morgan fingerprint density at radius 1 is 1.38 bits per heavy atom. The first-order chi connectivity index (χ1) is 9.99. The summed E-state index contributed by atoms with van der Waals surface area (Å²) < 4.78 is 43.4. The average Bonchev–Trinajstić information content (AvgIpc) is 2.79. The van der Waals surface area contributed by atoms with Crippen LogP contribution in [0.25, 0.3) is 0 Å². The zero-order valence-corrected chi connectivity index (χ0v) is 11.7. The summed E-state index contributed by atoms with van der Waals surface area (Å²) in [6.07, 6.45) is 2.68. The third-order valence-corrected chi connectivity index (χ3v) is 2.96. The molecule has 1 aromatic carbocycles. The minimum atomic E-state index is -3.04. The topological polar surface area (TPSA) is 39.1 Å². The quantitative estimate of drug-likeness (QED) is 0.889. The van der Waals surface area contributed by atoms with E-state index in [2.05, 4.69) is 15.2 Å². The van der Waals surface area contributed by atoms with Gasteiger partial charge in [-0.25, -0.2) is 4.39 Å². The molecule has 4 nitrogen and oxygen atoms in total. The van der Waals surface area contributed by atoms with E-state index in [1.807, 2.05) is 20.2 Å². The molecule has 1 aromatic heterocycles. The van der Waals surface area contributed by atoms with Gasteiger partial charge in [0.15, 0.2) is 11.6 Å². The van der Waals surface area contributed by atoms with Gasteiger partial charge >= 0.3 is 6.61 Å². The SMILES string of the molecule is CCc1nn(C)cc1CNc1ccc(OC(F)F)c(F)c1. The van der Waals surface area contributed by atoms with Crippen molar-refractivity contribution in [1.82, 2.24) is 9.78 Å². The van der Waals surface area contributed by atoms with Crippen LogP contribution in [0, 0.1) is 5.82 Å². The van der Waals surface area contributed by atoms with Gasteiger partial charge < -0.3 is 10.1 Å². The fourth-order valence-corrected chi connectivity index (χ4v) is 2.03. The number of anilines is 1. The first kappa shape index (κ1) is 15.2. The van der Waals surface area contributed by atoms with Gasteiger partial charge in [0.2, 0.25) is 0 Å².